The van der Waals surface area contributed by atoms with E-state index in [4.69, 9.17) is 28.4 Å². The zero-order chi connectivity index (χ0) is 22.0. The van der Waals surface area contributed by atoms with Crippen molar-refractivity contribution in [3.8, 4) is 5.75 Å². The number of carbonyl (C=O) groups is 1. The molecule has 1 aromatic carbocycles. The lowest BCUT2D eigenvalue weighted by molar-refractivity contribution is -0.137. The molecule has 0 radical (unpaired) electrons. The van der Waals surface area contributed by atoms with E-state index in [2.05, 4.69) is 6.58 Å². The molecule has 0 N–H and O–H groups in total. The van der Waals surface area contributed by atoms with Crippen molar-refractivity contribution in [2.45, 2.75) is 38.6 Å². The molecule has 1 rings (SSSR count). The summed E-state index contributed by atoms with van der Waals surface area (Å²) in [4.78, 5) is 11.4. The molecule has 0 bridgehead atoms. The summed E-state index contributed by atoms with van der Waals surface area (Å²) in [5, 5.41) is 0. The lowest BCUT2D eigenvalue weighted by Crippen LogP contribution is -2.31. The molecule has 0 aliphatic rings. The van der Waals surface area contributed by atoms with Gasteiger partial charge in [-0.3, -0.25) is 0 Å². The maximum absolute atomic E-state index is 11.4. The summed E-state index contributed by atoms with van der Waals surface area (Å²) in [6, 6.07) is 7.67. The van der Waals surface area contributed by atoms with Crippen molar-refractivity contribution in [2.75, 3.05) is 40.8 Å². The van der Waals surface area contributed by atoms with Crippen LogP contribution < -0.4 is 4.74 Å². The fourth-order valence-corrected chi connectivity index (χ4v) is 2.55. The Morgan fingerprint density at radius 2 is 1.90 bits per heavy atom. The minimum Gasteiger partial charge on any atom is -0.497 e. The van der Waals surface area contributed by atoms with Crippen LogP contribution in [0, 0.1) is 0 Å². The summed E-state index contributed by atoms with van der Waals surface area (Å²) in [7, 11) is 3.25. The first-order chi connectivity index (χ1) is 14.6. The second-order valence-corrected chi connectivity index (χ2v) is 6.32. The molecule has 0 aromatic heterocycles. The van der Waals surface area contributed by atoms with E-state index in [0.29, 0.717) is 39.3 Å². The van der Waals surface area contributed by atoms with Gasteiger partial charge >= 0.3 is 5.97 Å². The Bertz CT molecular complexity index is 612. The van der Waals surface area contributed by atoms with Crippen LogP contribution in [0.1, 0.15) is 25.3 Å². The molecule has 30 heavy (non-hydrogen) atoms. The van der Waals surface area contributed by atoms with Crippen molar-refractivity contribution in [3.63, 3.8) is 0 Å². The zero-order valence-electron chi connectivity index (χ0n) is 18.2. The van der Waals surface area contributed by atoms with Gasteiger partial charge in [-0.25, -0.2) is 4.79 Å². The molecule has 0 fully saturated rings. The number of methoxy groups -OCH3 is 2. The second kappa shape index (κ2) is 16.6. The molecular formula is C23H34O7. The minimum atomic E-state index is -0.353. The van der Waals surface area contributed by atoms with Gasteiger partial charge in [0, 0.05) is 13.2 Å². The molecule has 0 spiro atoms. The van der Waals surface area contributed by atoms with Crippen LogP contribution in [0.15, 0.2) is 49.1 Å². The smallest absolute Gasteiger partial charge is 0.330 e. The quantitative estimate of drug-likeness (QED) is 0.125. The maximum atomic E-state index is 11.4. The van der Waals surface area contributed by atoms with Gasteiger partial charge < -0.3 is 28.4 Å². The SMILES string of the molecule is C=C[C@H](OCc1ccc(OC)cc1)[C@H](CC/C=C/C(=O)OCC)OCOCCOC. The van der Waals surface area contributed by atoms with E-state index in [9.17, 15) is 4.79 Å². The number of benzene rings is 1. The van der Waals surface area contributed by atoms with Gasteiger partial charge in [-0.05, 0) is 37.5 Å². The van der Waals surface area contributed by atoms with E-state index in [1.54, 1.807) is 33.3 Å². The van der Waals surface area contributed by atoms with E-state index in [-0.39, 0.29) is 25.0 Å². The first-order valence-electron chi connectivity index (χ1n) is 10.0. The van der Waals surface area contributed by atoms with Gasteiger partial charge in [0.15, 0.2) is 0 Å². The molecule has 0 aliphatic carbocycles. The van der Waals surface area contributed by atoms with Crippen LogP contribution >= 0.6 is 0 Å². The van der Waals surface area contributed by atoms with E-state index in [1.165, 1.54) is 6.08 Å². The van der Waals surface area contributed by atoms with Crippen LogP contribution in [0.5, 0.6) is 5.75 Å². The van der Waals surface area contributed by atoms with Gasteiger partial charge in [0.25, 0.3) is 0 Å². The van der Waals surface area contributed by atoms with Crippen LogP contribution in [0.3, 0.4) is 0 Å². The molecule has 0 saturated heterocycles. The molecular weight excluding hydrogens is 388 g/mol. The molecule has 1 aromatic rings. The highest BCUT2D eigenvalue weighted by atomic mass is 16.7. The normalized spacial score (nSPS) is 13.2. The average Bonchev–Trinajstić information content (AvgIpc) is 2.76. The van der Waals surface area contributed by atoms with Gasteiger partial charge in [0.2, 0.25) is 0 Å². The van der Waals surface area contributed by atoms with Crippen LogP contribution in [-0.2, 0) is 35.1 Å². The molecule has 0 aliphatic heterocycles. The molecule has 0 amide bonds. The third-order valence-corrected chi connectivity index (χ3v) is 4.16. The summed E-state index contributed by atoms with van der Waals surface area (Å²) in [5.41, 5.74) is 1.01. The number of hydrogen-bond donors (Lipinski definition) is 0. The lowest BCUT2D eigenvalue weighted by Gasteiger charge is -2.25. The maximum Gasteiger partial charge on any atom is 0.330 e. The summed E-state index contributed by atoms with van der Waals surface area (Å²) in [6.45, 7) is 7.47. The Balaban J connectivity index is 2.61. The van der Waals surface area contributed by atoms with Crippen molar-refractivity contribution < 1.29 is 33.2 Å². The van der Waals surface area contributed by atoms with E-state index in [0.717, 1.165) is 11.3 Å². The third kappa shape index (κ3) is 11.1. The van der Waals surface area contributed by atoms with Crippen molar-refractivity contribution in [3.05, 3.63) is 54.6 Å². The summed E-state index contributed by atoms with van der Waals surface area (Å²) < 4.78 is 32.3. The highest BCUT2D eigenvalue weighted by Gasteiger charge is 2.20. The minimum absolute atomic E-state index is 0.117. The monoisotopic (exact) mass is 422 g/mol. The number of rotatable bonds is 17. The predicted octanol–water partition coefficient (Wildman–Crippen LogP) is 3.67. The largest absolute Gasteiger partial charge is 0.497 e. The fourth-order valence-electron chi connectivity index (χ4n) is 2.55. The number of carbonyl (C=O) groups excluding carboxylic acids is 1. The predicted molar refractivity (Wildman–Crippen MR) is 114 cm³/mol. The van der Waals surface area contributed by atoms with Crippen molar-refractivity contribution >= 4 is 5.97 Å². The number of ether oxygens (including phenoxy) is 6. The molecule has 0 unspecified atom stereocenters. The summed E-state index contributed by atoms with van der Waals surface area (Å²) >= 11 is 0. The van der Waals surface area contributed by atoms with E-state index in [1.807, 2.05) is 24.3 Å². The van der Waals surface area contributed by atoms with Crippen molar-refractivity contribution in [1.82, 2.24) is 0 Å². The van der Waals surface area contributed by atoms with Crippen molar-refractivity contribution in [1.29, 1.82) is 0 Å². The van der Waals surface area contributed by atoms with Crippen LogP contribution in [0.25, 0.3) is 0 Å². The van der Waals surface area contributed by atoms with Gasteiger partial charge in [-0.15, -0.1) is 6.58 Å². The Labute approximate surface area is 179 Å². The van der Waals surface area contributed by atoms with Crippen LogP contribution in [0.4, 0.5) is 0 Å². The molecule has 2 atom stereocenters. The topological polar surface area (TPSA) is 72.5 Å². The molecule has 7 heteroatoms. The van der Waals surface area contributed by atoms with E-state index >= 15 is 0 Å². The molecule has 0 saturated carbocycles. The van der Waals surface area contributed by atoms with Crippen LogP contribution in [0.2, 0.25) is 0 Å². The average molecular weight is 423 g/mol. The molecule has 7 nitrogen and oxygen atoms in total. The number of esters is 1. The van der Waals surface area contributed by atoms with Gasteiger partial charge in [-0.2, -0.15) is 0 Å². The Morgan fingerprint density at radius 1 is 1.13 bits per heavy atom. The first kappa shape index (κ1) is 25.8. The summed E-state index contributed by atoms with van der Waals surface area (Å²) in [5.74, 6) is 0.440. The Morgan fingerprint density at radius 3 is 2.53 bits per heavy atom. The highest BCUT2D eigenvalue weighted by Crippen LogP contribution is 2.17. The van der Waals surface area contributed by atoms with Crippen molar-refractivity contribution in [2.24, 2.45) is 0 Å². The lowest BCUT2D eigenvalue weighted by atomic mass is 10.1. The molecule has 168 valence electrons. The Hall–Kier alpha value is -2.19. The Kier molecular flexibility index (Phi) is 14.3. The van der Waals surface area contributed by atoms with Gasteiger partial charge in [0.05, 0.1) is 39.6 Å². The highest BCUT2D eigenvalue weighted by molar-refractivity contribution is 5.81. The number of hydrogen-bond acceptors (Lipinski definition) is 7. The van der Waals surface area contributed by atoms with Gasteiger partial charge in [0.1, 0.15) is 18.6 Å². The second-order valence-electron chi connectivity index (χ2n) is 6.32. The fraction of sp³-hybridized carbons (Fsp3) is 0.522. The zero-order valence-corrected chi connectivity index (χ0v) is 18.2. The van der Waals surface area contributed by atoms with Crippen LogP contribution in [-0.4, -0.2) is 59.0 Å². The van der Waals surface area contributed by atoms with Gasteiger partial charge in [-0.1, -0.05) is 24.3 Å². The third-order valence-electron chi connectivity index (χ3n) is 4.16. The van der Waals surface area contributed by atoms with E-state index < -0.39 is 0 Å². The molecule has 0 heterocycles. The standard InChI is InChI=1S/C23H34O7/c1-5-21(29-17-19-11-13-20(26-4)14-12-19)22(30-18-27-16-15-25-3)9-7-8-10-23(24)28-6-2/h5,8,10-14,21-22H,1,6-7,9,15-18H2,2-4H3/b10-8+/t21-,22-/m0/s1. The first-order valence-corrected chi connectivity index (χ1v) is 10.0. The summed E-state index contributed by atoms with van der Waals surface area (Å²) in [6.07, 6.45) is 5.55. The number of allylic oxidation sites excluding steroid dienone is 1.